The van der Waals surface area contributed by atoms with E-state index >= 15 is 0 Å². The Balaban J connectivity index is 1.14. The van der Waals surface area contributed by atoms with Gasteiger partial charge < -0.3 is 15.1 Å². The molecule has 71 heavy (non-hydrogen) atoms. The molecule has 2 aliphatic heterocycles. The molecule has 0 aromatic heterocycles. The summed E-state index contributed by atoms with van der Waals surface area (Å²) in [6, 6.07) is 81.6. The predicted molar refractivity (Wildman–Crippen MR) is 302 cm³/mol. The van der Waals surface area contributed by atoms with E-state index in [4.69, 9.17) is 0 Å². The highest BCUT2D eigenvalue weighted by atomic mass is 15.1. The minimum atomic E-state index is -0.718. The minimum absolute atomic E-state index is 0.658. The quantitative estimate of drug-likeness (QED) is 0.123. The lowest BCUT2D eigenvalue weighted by molar-refractivity contribution is 0.724. The summed E-state index contributed by atoms with van der Waals surface area (Å²) in [7, 11) is 0. The molecule has 2 aliphatic rings. The second-order valence-electron chi connectivity index (χ2n) is 17.9. The van der Waals surface area contributed by atoms with Gasteiger partial charge in [-0.2, -0.15) is 0 Å². The average molecular weight is 912 g/mol. The molecule has 2 heterocycles. The van der Waals surface area contributed by atoms with E-state index in [-0.39, 0.29) is 0 Å². The third kappa shape index (κ3) is 8.56. The molecule has 9 aromatic rings. The van der Waals surface area contributed by atoms with Crippen LogP contribution in [0.3, 0.4) is 0 Å². The van der Waals surface area contributed by atoms with Gasteiger partial charge in [0, 0.05) is 52.3 Å². The Hall–Kier alpha value is -9.18. The fourth-order valence-electron chi connectivity index (χ4n) is 10.4. The first-order valence-corrected chi connectivity index (χ1v) is 24.3. The molecule has 0 saturated carbocycles. The van der Waals surface area contributed by atoms with E-state index in [1.165, 1.54) is 22.3 Å². The lowest BCUT2D eigenvalue weighted by Crippen LogP contribution is -2.39. The molecule has 0 spiro atoms. The number of rotatable bonds is 12. The maximum atomic E-state index is 4.58. The molecule has 0 unspecified atom stereocenters. The van der Waals surface area contributed by atoms with Crippen LogP contribution >= 0.6 is 0 Å². The second-order valence-corrected chi connectivity index (χ2v) is 17.9. The maximum absolute atomic E-state index is 4.58. The van der Waals surface area contributed by atoms with Gasteiger partial charge in [-0.25, -0.2) is 0 Å². The number of benzene rings is 9. The number of nitrogens with one attached hydrogen (secondary N) is 1. The van der Waals surface area contributed by atoms with Crippen LogP contribution in [0.4, 0.5) is 34.1 Å². The Morgan fingerprint density at radius 3 is 1.59 bits per heavy atom. The number of hydrogen-bond donors (Lipinski definition) is 1. The number of allylic oxidation sites excluding steroid dienone is 8. The summed E-state index contributed by atoms with van der Waals surface area (Å²) in [6.07, 6.45) is 18.5. The van der Waals surface area contributed by atoms with Gasteiger partial charge in [-0.1, -0.05) is 207 Å². The van der Waals surface area contributed by atoms with E-state index in [2.05, 4.69) is 283 Å². The van der Waals surface area contributed by atoms with Crippen molar-refractivity contribution < 1.29 is 0 Å². The predicted octanol–water partition coefficient (Wildman–Crippen LogP) is 17.8. The summed E-state index contributed by atoms with van der Waals surface area (Å²) in [5.41, 5.74) is 19.5. The van der Waals surface area contributed by atoms with Crippen LogP contribution in [0.5, 0.6) is 0 Å². The van der Waals surface area contributed by atoms with Crippen LogP contribution in [0, 0.1) is 0 Å². The Kier molecular flexibility index (Phi) is 12.4. The van der Waals surface area contributed by atoms with Crippen molar-refractivity contribution >= 4 is 39.7 Å². The number of fused-ring (bicyclic) bond motifs is 3. The SMILES string of the molecule is C=C/C=C\C=C/CN1c2ccc(-c3ccc4c(c3)C(=C)/C=C\C=C/N4c3ccccc3)cc2C(c2ccccc2)(c2ccccc2)c2cc(-c3ccc(Nc4ccccc4)c(-c4ccccc4)c3)ccc21. The van der Waals surface area contributed by atoms with E-state index in [9.17, 15) is 0 Å². The molecule has 0 fully saturated rings. The number of hydrogen-bond acceptors (Lipinski definition) is 3. The summed E-state index contributed by atoms with van der Waals surface area (Å²) in [5.74, 6) is 0. The fraction of sp³-hybridized carbons (Fsp3) is 0.0294. The summed E-state index contributed by atoms with van der Waals surface area (Å²) in [6.45, 7) is 9.14. The monoisotopic (exact) mass is 911 g/mol. The molecular weight excluding hydrogens is 859 g/mol. The highest BCUT2D eigenvalue weighted by Gasteiger charge is 2.46. The smallest absolute Gasteiger partial charge is 0.0742 e. The Bertz CT molecular complexity index is 3460. The highest BCUT2D eigenvalue weighted by molar-refractivity contribution is 5.92. The summed E-state index contributed by atoms with van der Waals surface area (Å²) < 4.78 is 0. The lowest BCUT2D eigenvalue weighted by Gasteiger charge is -2.46. The van der Waals surface area contributed by atoms with Crippen LogP contribution < -0.4 is 15.1 Å². The molecule has 3 heteroatoms. The van der Waals surface area contributed by atoms with E-state index in [1.54, 1.807) is 0 Å². The molecule has 0 saturated heterocycles. The molecule has 0 atom stereocenters. The van der Waals surface area contributed by atoms with E-state index in [0.717, 1.165) is 78.6 Å². The van der Waals surface area contributed by atoms with Gasteiger partial charge in [0.1, 0.15) is 0 Å². The van der Waals surface area contributed by atoms with Crippen molar-refractivity contribution in [2.75, 3.05) is 21.7 Å². The summed E-state index contributed by atoms with van der Waals surface area (Å²) in [4.78, 5) is 4.73. The molecule has 9 aromatic carbocycles. The normalized spacial score (nSPS) is 14.5. The zero-order chi connectivity index (χ0) is 48.0. The molecule has 340 valence electrons. The van der Waals surface area contributed by atoms with Gasteiger partial charge in [-0.05, 0) is 135 Å². The topological polar surface area (TPSA) is 18.5 Å². The summed E-state index contributed by atoms with van der Waals surface area (Å²) >= 11 is 0. The molecule has 0 radical (unpaired) electrons. The van der Waals surface area contributed by atoms with Gasteiger partial charge in [0.25, 0.3) is 0 Å². The van der Waals surface area contributed by atoms with Gasteiger partial charge in [0.05, 0.1) is 11.1 Å². The van der Waals surface area contributed by atoms with Crippen LogP contribution in [0.2, 0.25) is 0 Å². The van der Waals surface area contributed by atoms with Crippen molar-refractivity contribution in [2.45, 2.75) is 5.41 Å². The molecule has 1 N–H and O–H groups in total. The average Bonchev–Trinajstić information content (AvgIpc) is 3.43. The first kappa shape index (κ1) is 44.3. The van der Waals surface area contributed by atoms with Gasteiger partial charge in [0.15, 0.2) is 0 Å². The number of para-hydroxylation sites is 2. The van der Waals surface area contributed by atoms with Crippen molar-refractivity contribution in [2.24, 2.45) is 0 Å². The summed E-state index contributed by atoms with van der Waals surface area (Å²) in [5, 5.41) is 3.72. The molecule has 11 rings (SSSR count). The van der Waals surface area contributed by atoms with E-state index in [0.29, 0.717) is 6.54 Å². The Morgan fingerprint density at radius 2 is 0.986 bits per heavy atom. The molecular formula is C68H53N3. The van der Waals surface area contributed by atoms with Gasteiger partial charge >= 0.3 is 0 Å². The minimum Gasteiger partial charge on any atom is -0.355 e. The van der Waals surface area contributed by atoms with Crippen molar-refractivity contribution in [1.82, 2.24) is 0 Å². The first-order valence-electron chi connectivity index (χ1n) is 24.3. The van der Waals surface area contributed by atoms with E-state index in [1.807, 2.05) is 24.3 Å². The Labute approximate surface area is 418 Å². The Morgan fingerprint density at radius 1 is 0.465 bits per heavy atom. The van der Waals surface area contributed by atoms with Crippen molar-refractivity contribution in [1.29, 1.82) is 0 Å². The molecule has 0 amide bonds. The number of anilines is 6. The van der Waals surface area contributed by atoms with Crippen LogP contribution in [0.15, 0.2) is 292 Å². The lowest BCUT2D eigenvalue weighted by atomic mass is 9.62. The molecule has 0 bridgehead atoms. The number of nitrogens with zero attached hydrogens (tertiary/aromatic N) is 2. The third-order valence-corrected chi connectivity index (χ3v) is 13.7. The van der Waals surface area contributed by atoms with Crippen LogP contribution in [-0.4, -0.2) is 6.54 Å². The zero-order valence-corrected chi connectivity index (χ0v) is 39.6. The first-order chi connectivity index (χ1) is 35.1. The van der Waals surface area contributed by atoms with Crippen LogP contribution in [-0.2, 0) is 5.41 Å². The maximum Gasteiger partial charge on any atom is 0.0742 e. The largest absolute Gasteiger partial charge is 0.355 e. The van der Waals surface area contributed by atoms with Crippen molar-refractivity contribution in [3.05, 3.63) is 320 Å². The second kappa shape index (κ2) is 19.8. The van der Waals surface area contributed by atoms with Gasteiger partial charge in [-0.15, -0.1) is 0 Å². The molecule has 0 aliphatic carbocycles. The standard InChI is InChI=1S/C68H53N3/c1-3-4-5-6-23-45-71-66-42-38-54(52-36-40-64(69-58-32-18-10-19-33-58)61(47-52)51-26-12-7-13-27-51)48-62(66)68(56-28-14-8-15-29-56,57-30-16-9-17-31-57)63-49-55(39-43-67(63)71)53-37-41-65-60(46-53)50(2)25-22-24-44-70(65)59-34-20-11-21-35-59/h3-44,46-49,69H,1-2,45H2/b5-4-,23-6-,25-22-,44-24-. The highest BCUT2D eigenvalue weighted by Crippen LogP contribution is 2.57. The third-order valence-electron chi connectivity index (χ3n) is 13.7. The van der Waals surface area contributed by atoms with Gasteiger partial charge in [-0.3, -0.25) is 0 Å². The van der Waals surface area contributed by atoms with Gasteiger partial charge in [0.2, 0.25) is 0 Å². The van der Waals surface area contributed by atoms with Crippen molar-refractivity contribution in [3.63, 3.8) is 0 Å². The molecule has 3 nitrogen and oxygen atoms in total. The van der Waals surface area contributed by atoms with Crippen LogP contribution in [0.1, 0.15) is 27.8 Å². The fourth-order valence-corrected chi connectivity index (χ4v) is 10.4. The van der Waals surface area contributed by atoms with E-state index < -0.39 is 5.41 Å². The van der Waals surface area contributed by atoms with Crippen molar-refractivity contribution in [3.8, 4) is 33.4 Å². The zero-order valence-electron chi connectivity index (χ0n) is 39.6. The van der Waals surface area contributed by atoms with Crippen LogP contribution in [0.25, 0.3) is 39.0 Å².